The molecule has 1 saturated heterocycles. The minimum Gasteiger partial charge on any atom is -0.335 e. The van der Waals surface area contributed by atoms with E-state index in [0.29, 0.717) is 23.5 Å². The largest absolute Gasteiger partial charge is 0.335 e. The zero-order valence-electron chi connectivity index (χ0n) is 14.6. The molecule has 0 saturated carbocycles. The van der Waals surface area contributed by atoms with Crippen LogP contribution in [0.5, 0.6) is 0 Å². The number of nitriles is 1. The number of amides is 1. The van der Waals surface area contributed by atoms with Crippen LogP contribution in [0.15, 0.2) is 24.3 Å². The van der Waals surface area contributed by atoms with Gasteiger partial charge < -0.3 is 4.90 Å². The Balaban J connectivity index is 1.99. The molecule has 1 aliphatic rings. The molecule has 2 atom stereocenters. The zero-order chi connectivity index (χ0) is 18.4. The first-order valence-corrected chi connectivity index (χ1v) is 11.4. The van der Waals surface area contributed by atoms with Crippen LogP contribution in [0.4, 0.5) is 0 Å². The number of hydrogen-bond donors (Lipinski definition) is 0. The maximum Gasteiger partial charge on any atom is 0.233 e. The van der Waals surface area contributed by atoms with Gasteiger partial charge in [-0.25, -0.2) is 8.42 Å². The molecule has 1 aromatic carbocycles. The minimum atomic E-state index is -3.02. The Labute approximate surface area is 154 Å². The summed E-state index contributed by atoms with van der Waals surface area (Å²) in [5.41, 5.74) is 1.55. The zero-order valence-corrected chi connectivity index (χ0v) is 16.3. The van der Waals surface area contributed by atoms with Gasteiger partial charge in [0, 0.05) is 17.8 Å². The van der Waals surface area contributed by atoms with Gasteiger partial charge in [0.15, 0.2) is 9.84 Å². The molecule has 0 unspecified atom stereocenters. The monoisotopic (exact) mass is 380 g/mol. The highest BCUT2D eigenvalue weighted by atomic mass is 32.2. The lowest BCUT2D eigenvalue weighted by molar-refractivity contribution is -0.132. The Hall–Kier alpha value is -1.52. The van der Waals surface area contributed by atoms with E-state index in [-0.39, 0.29) is 29.5 Å². The summed E-state index contributed by atoms with van der Waals surface area (Å²) < 4.78 is 23.5. The second-order valence-electron chi connectivity index (χ2n) is 6.38. The third kappa shape index (κ3) is 5.23. The van der Waals surface area contributed by atoms with Crippen molar-refractivity contribution < 1.29 is 13.2 Å². The smallest absolute Gasteiger partial charge is 0.233 e. The van der Waals surface area contributed by atoms with Crippen molar-refractivity contribution in [2.24, 2.45) is 0 Å². The van der Waals surface area contributed by atoms with Gasteiger partial charge in [0.25, 0.3) is 0 Å². The van der Waals surface area contributed by atoms with Gasteiger partial charge in [-0.05, 0) is 31.4 Å². The van der Waals surface area contributed by atoms with Crippen molar-refractivity contribution in [3.8, 4) is 6.07 Å². The first-order chi connectivity index (χ1) is 11.9. The average Bonchev–Trinajstić information content (AvgIpc) is 2.94. The number of carbonyl (C=O) groups is 1. The summed E-state index contributed by atoms with van der Waals surface area (Å²) in [5.74, 6) is 1.11. The third-order valence-electron chi connectivity index (χ3n) is 4.58. The predicted octanol–water partition coefficient (Wildman–Crippen LogP) is 2.61. The molecule has 0 spiro atoms. The van der Waals surface area contributed by atoms with Crippen molar-refractivity contribution in [2.75, 3.05) is 17.3 Å². The lowest BCUT2D eigenvalue weighted by atomic mass is 10.1. The van der Waals surface area contributed by atoms with E-state index in [1.54, 1.807) is 11.0 Å². The third-order valence-corrected chi connectivity index (χ3v) is 7.29. The summed E-state index contributed by atoms with van der Waals surface area (Å²) in [6, 6.07) is 9.35. The van der Waals surface area contributed by atoms with E-state index >= 15 is 0 Å². The average molecular weight is 381 g/mol. The molecule has 1 aliphatic heterocycles. The van der Waals surface area contributed by atoms with Crippen molar-refractivity contribution in [1.29, 1.82) is 5.26 Å². The van der Waals surface area contributed by atoms with Crippen molar-refractivity contribution in [1.82, 2.24) is 4.90 Å². The molecule has 1 fully saturated rings. The fourth-order valence-corrected chi connectivity index (χ4v) is 5.69. The van der Waals surface area contributed by atoms with Crippen LogP contribution in [0.1, 0.15) is 37.8 Å². The van der Waals surface area contributed by atoms with Crippen LogP contribution in [0.3, 0.4) is 0 Å². The molecule has 2 rings (SSSR count). The van der Waals surface area contributed by atoms with Crippen molar-refractivity contribution in [3.63, 3.8) is 0 Å². The normalized spacial score (nSPS) is 20.0. The number of nitrogens with zero attached hydrogens (tertiary/aromatic N) is 2. The van der Waals surface area contributed by atoms with E-state index in [0.717, 1.165) is 12.0 Å². The van der Waals surface area contributed by atoms with Gasteiger partial charge in [-0.2, -0.15) is 5.26 Å². The van der Waals surface area contributed by atoms with Gasteiger partial charge in [-0.15, -0.1) is 11.8 Å². The molecule has 136 valence electrons. The van der Waals surface area contributed by atoms with Crippen LogP contribution in [0.2, 0.25) is 0 Å². The van der Waals surface area contributed by atoms with Gasteiger partial charge >= 0.3 is 0 Å². The summed E-state index contributed by atoms with van der Waals surface area (Å²) in [6.07, 6.45) is 1.32. The number of sulfone groups is 1. The van der Waals surface area contributed by atoms with Gasteiger partial charge in [0.05, 0.1) is 28.9 Å². The van der Waals surface area contributed by atoms with Crippen LogP contribution in [0.25, 0.3) is 0 Å². The number of benzene rings is 1. The van der Waals surface area contributed by atoms with Crippen LogP contribution in [-0.2, 0) is 20.4 Å². The fourth-order valence-electron chi connectivity index (χ4n) is 3.08. The van der Waals surface area contributed by atoms with E-state index < -0.39 is 9.84 Å². The lowest BCUT2D eigenvalue weighted by Crippen LogP contribution is -2.47. The Morgan fingerprint density at radius 3 is 2.76 bits per heavy atom. The molecule has 7 heteroatoms. The van der Waals surface area contributed by atoms with Gasteiger partial charge in [-0.3, -0.25) is 4.79 Å². The topological polar surface area (TPSA) is 78.2 Å². The highest BCUT2D eigenvalue weighted by Gasteiger charge is 2.36. The number of rotatable bonds is 7. The van der Waals surface area contributed by atoms with E-state index in [1.807, 2.05) is 32.0 Å². The second-order valence-corrected chi connectivity index (χ2v) is 9.59. The SMILES string of the molecule is CC[C@@H](C)N(C(=O)CSCc1ccccc1C#N)[C@H]1CCS(=O)(=O)C1. The van der Waals surface area contributed by atoms with E-state index in [4.69, 9.17) is 5.26 Å². The Bertz CT molecular complexity index is 756. The molecule has 1 amide bonds. The maximum absolute atomic E-state index is 12.7. The predicted molar refractivity (Wildman–Crippen MR) is 101 cm³/mol. The molecule has 0 aromatic heterocycles. The fraction of sp³-hybridized carbons (Fsp3) is 0.556. The van der Waals surface area contributed by atoms with Crippen molar-refractivity contribution in [3.05, 3.63) is 35.4 Å². The number of thioether (sulfide) groups is 1. The van der Waals surface area contributed by atoms with Gasteiger partial charge in [0.2, 0.25) is 5.91 Å². The molecule has 5 nitrogen and oxygen atoms in total. The molecule has 0 bridgehead atoms. The first kappa shape index (κ1) is 19.8. The second kappa shape index (κ2) is 8.72. The molecule has 0 radical (unpaired) electrons. The molecular formula is C18H24N2O3S2. The standard InChI is InChI=1S/C18H24N2O3S2/c1-3-14(2)20(17-8-9-25(22,23)13-17)18(21)12-24-11-16-7-5-4-6-15(16)10-19/h4-7,14,17H,3,8-9,11-13H2,1-2H3/t14-,17+/m1/s1. The Kier molecular flexibility index (Phi) is 6.91. The highest BCUT2D eigenvalue weighted by Crippen LogP contribution is 2.23. The van der Waals surface area contributed by atoms with Crippen LogP contribution < -0.4 is 0 Å². The van der Waals surface area contributed by atoms with Crippen LogP contribution in [0, 0.1) is 11.3 Å². The molecule has 1 heterocycles. The van der Waals surface area contributed by atoms with Crippen LogP contribution >= 0.6 is 11.8 Å². The summed E-state index contributed by atoms with van der Waals surface area (Å²) in [5, 5.41) is 9.12. The van der Waals surface area contributed by atoms with Gasteiger partial charge in [0.1, 0.15) is 0 Å². The molecule has 1 aromatic rings. The van der Waals surface area contributed by atoms with E-state index in [9.17, 15) is 13.2 Å². The maximum atomic E-state index is 12.7. The molecule has 0 N–H and O–H groups in total. The number of hydrogen-bond acceptors (Lipinski definition) is 5. The summed E-state index contributed by atoms with van der Waals surface area (Å²) in [7, 11) is -3.02. The van der Waals surface area contributed by atoms with Crippen molar-refractivity contribution >= 4 is 27.5 Å². The summed E-state index contributed by atoms with van der Waals surface area (Å²) in [6.45, 7) is 3.98. The van der Waals surface area contributed by atoms with E-state index in [2.05, 4.69) is 6.07 Å². The number of carbonyl (C=O) groups excluding carboxylic acids is 1. The molecule has 0 aliphatic carbocycles. The first-order valence-electron chi connectivity index (χ1n) is 8.45. The Morgan fingerprint density at radius 2 is 2.16 bits per heavy atom. The molecular weight excluding hydrogens is 356 g/mol. The Morgan fingerprint density at radius 1 is 1.44 bits per heavy atom. The van der Waals surface area contributed by atoms with Crippen molar-refractivity contribution in [2.45, 2.75) is 44.5 Å². The van der Waals surface area contributed by atoms with E-state index in [1.165, 1.54) is 11.8 Å². The summed E-state index contributed by atoms with van der Waals surface area (Å²) in [4.78, 5) is 14.5. The lowest BCUT2D eigenvalue weighted by Gasteiger charge is -2.33. The van der Waals surface area contributed by atoms with Crippen LogP contribution in [-0.4, -0.2) is 48.6 Å². The quantitative estimate of drug-likeness (QED) is 0.726. The summed E-state index contributed by atoms with van der Waals surface area (Å²) >= 11 is 1.47. The minimum absolute atomic E-state index is 0.0177. The molecule has 25 heavy (non-hydrogen) atoms. The highest BCUT2D eigenvalue weighted by molar-refractivity contribution is 7.99. The van der Waals surface area contributed by atoms with Gasteiger partial charge in [-0.1, -0.05) is 25.1 Å².